The van der Waals surface area contributed by atoms with Gasteiger partial charge in [0, 0.05) is 10.2 Å². The number of methoxy groups -OCH3 is 1. The highest BCUT2D eigenvalue weighted by atomic mass is 79.9. The van der Waals surface area contributed by atoms with Crippen LogP contribution in [-0.4, -0.2) is 33.0 Å². The van der Waals surface area contributed by atoms with Gasteiger partial charge in [0.25, 0.3) is 0 Å². The van der Waals surface area contributed by atoms with Gasteiger partial charge in [-0.2, -0.15) is 0 Å². The normalized spacial score (nSPS) is 19.1. The highest BCUT2D eigenvalue weighted by Crippen LogP contribution is 2.28. The Morgan fingerprint density at radius 3 is 2.65 bits per heavy atom. The van der Waals surface area contributed by atoms with Gasteiger partial charge >= 0.3 is 0 Å². The third-order valence-corrected chi connectivity index (χ3v) is 4.33. The molecule has 0 aliphatic carbocycles. The number of anilines is 1. The minimum Gasteiger partial charge on any atom is -0.497 e. The molecule has 1 fully saturated rings. The molecule has 2 aromatic rings. The Balaban J connectivity index is 1.85. The Kier molecular flexibility index (Phi) is 5.54. The molecule has 2 unspecified atom stereocenters. The van der Waals surface area contributed by atoms with Gasteiger partial charge in [0.2, 0.25) is 0 Å². The molecule has 23 heavy (non-hydrogen) atoms. The minimum atomic E-state index is -0.0314. The second-order valence-corrected chi connectivity index (χ2v) is 6.31. The van der Waals surface area contributed by atoms with Gasteiger partial charge in [-0.1, -0.05) is 34.1 Å². The van der Waals surface area contributed by atoms with Crippen molar-refractivity contribution in [2.45, 2.75) is 12.1 Å². The van der Waals surface area contributed by atoms with Crippen LogP contribution in [0.1, 0.15) is 11.6 Å². The van der Waals surface area contributed by atoms with Crippen LogP contribution >= 0.6 is 15.9 Å². The van der Waals surface area contributed by atoms with Crippen LogP contribution in [0.5, 0.6) is 5.75 Å². The first-order valence-corrected chi connectivity index (χ1v) is 8.41. The summed E-state index contributed by atoms with van der Waals surface area (Å²) < 4.78 is 17.8. The Morgan fingerprint density at radius 1 is 1.17 bits per heavy atom. The summed E-state index contributed by atoms with van der Waals surface area (Å²) >= 11 is 3.51. The molecule has 1 saturated heterocycles. The van der Waals surface area contributed by atoms with Crippen LogP contribution in [-0.2, 0) is 9.47 Å². The first-order valence-electron chi connectivity index (χ1n) is 7.61. The predicted octanol–water partition coefficient (Wildman–Crippen LogP) is 4.03. The Hall–Kier alpha value is -1.56. The number of halogens is 1. The van der Waals surface area contributed by atoms with Crippen LogP contribution in [0.25, 0.3) is 0 Å². The van der Waals surface area contributed by atoms with E-state index in [0.29, 0.717) is 19.8 Å². The lowest BCUT2D eigenvalue weighted by Crippen LogP contribution is -2.37. The molecule has 1 aliphatic heterocycles. The zero-order valence-corrected chi connectivity index (χ0v) is 14.6. The van der Waals surface area contributed by atoms with E-state index in [1.165, 1.54) is 0 Å². The van der Waals surface area contributed by atoms with E-state index in [9.17, 15) is 0 Å². The molecular formula is C18H20BrNO3. The van der Waals surface area contributed by atoms with E-state index in [2.05, 4.69) is 39.4 Å². The van der Waals surface area contributed by atoms with E-state index in [1.807, 2.05) is 30.3 Å². The molecule has 122 valence electrons. The molecule has 4 nitrogen and oxygen atoms in total. The second-order valence-electron chi connectivity index (χ2n) is 5.39. The number of rotatable bonds is 5. The molecule has 1 aliphatic rings. The van der Waals surface area contributed by atoms with E-state index in [1.54, 1.807) is 7.11 Å². The fraction of sp³-hybridized carbons (Fsp3) is 0.333. The van der Waals surface area contributed by atoms with E-state index < -0.39 is 0 Å². The van der Waals surface area contributed by atoms with Gasteiger partial charge in [-0.05, 0) is 35.9 Å². The van der Waals surface area contributed by atoms with Gasteiger partial charge in [-0.25, -0.2) is 0 Å². The maximum absolute atomic E-state index is 5.92. The monoisotopic (exact) mass is 377 g/mol. The maximum atomic E-state index is 5.92. The summed E-state index contributed by atoms with van der Waals surface area (Å²) in [5.41, 5.74) is 2.18. The van der Waals surface area contributed by atoms with Crippen molar-refractivity contribution in [2.75, 3.05) is 32.2 Å². The standard InChI is InChI=1S/C18H20BrNO3/c1-21-16-7-5-13(6-8-16)18(17-12-22-9-10-23-17)20-15-4-2-3-14(19)11-15/h2-8,11,17-18,20H,9-10,12H2,1H3. The fourth-order valence-corrected chi connectivity index (χ4v) is 3.06. The first-order chi connectivity index (χ1) is 11.3. The van der Waals surface area contributed by atoms with E-state index in [0.717, 1.165) is 21.5 Å². The molecule has 2 aromatic carbocycles. The van der Waals surface area contributed by atoms with E-state index in [-0.39, 0.29) is 12.1 Å². The molecule has 0 saturated carbocycles. The third-order valence-electron chi connectivity index (χ3n) is 3.84. The van der Waals surface area contributed by atoms with Gasteiger partial charge in [0.05, 0.1) is 33.0 Å². The second kappa shape index (κ2) is 7.81. The zero-order chi connectivity index (χ0) is 16.1. The lowest BCUT2D eigenvalue weighted by atomic mass is 10.0. The van der Waals surface area contributed by atoms with Crippen LogP contribution < -0.4 is 10.1 Å². The number of nitrogens with one attached hydrogen (secondary N) is 1. The number of benzene rings is 2. The van der Waals surface area contributed by atoms with Crippen LogP contribution in [0.15, 0.2) is 53.0 Å². The third kappa shape index (κ3) is 4.25. The molecule has 3 rings (SSSR count). The summed E-state index contributed by atoms with van der Waals surface area (Å²) in [5.74, 6) is 0.843. The molecule has 0 aromatic heterocycles. The summed E-state index contributed by atoms with van der Waals surface area (Å²) in [5, 5.41) is 3.57. The number of hydrogen-bond acceptors (Lipinski definition) is 4. The zero-order valence-electron chi connectivity index (χ0n) is 13.0. The average molecular weight is 378 g/mol. The molecule has 1 heterocycles. The van der Waals surface area contributed by atoms with Gasteiger partial charge in [-0.3, -0.25) is 0 Å². The van der Waals surface area contributed by atoms with E-state index >= 15 is 0 Å². The van der Waals surface area contributed by atoms with Crippen molar-refractivity contribution in [1.29, 1.82) is 0 Å². The number of hydrogen-bond donors (Lipinski definition) is 1. The Morgan fingerprint density at radius 2 is 2.00 bits per heavy atom. The molecule has 0 bridgehead atoms. The summed E-state index contributed by atoms with van der Waals surface area (Å²) in [6, 6.07) is 16.2. The lowest BCUT2D eigenvalue weighted by Gasteiger charge is -2.32. The molecule has 0 spiro atoms. The summed E-state index contributed by atoms with van der Waals surface area (Å²) in [7, 11) is 1.67. The lowest BCUT2D eigenvalue weighted by molar-refractivity contribution is -0.0950. The van der Waals surface area contributed by atoms with Crippen molar-refractivity contribution in [2.24, 2.45) is 0 Å². The molecular weight excluding hydrogens is 358 g/mol. The topological polar surface area (TPSA) is 39.7 Å². The average Bonchev–Trinajstić information content (AvgIpc) is 2.61. The predicted molar refractivity (Wildman–Crippen MR) is 94.1 cm³/mol. The van der Waals surface area contributed by atoms with Crippen molar-refractivity contribution in [3.8, 4) is 5.75 Å². The largest absolute Gasteiger partial charge is 0.497 e. The van der Waals surface area contributed by atoms with Crippen molar-refractivity contribution in [3.05, 3.63) is 58.6 Å². The van der Waals surface area contributed by atoms with Gasteiger partial charge < -0.3 is 19.5 Å². The quantitative estimate of drug-likeness (QED) is 0.853. The Bertz CT molecular complexity index is 626. The van der Waals surface area contributed by atoms with Crippen molar-refractivity contribution in [1.82, 2.24) is 0 Å². The first kappa shape index (κ1) is 16.3. The smallest absolute Gasteiger partial charge is 0.118 e. The maximum Gasteiger partial charge on any atom is 0.118 e. The molecule has 1 N–H and O–H groups in total. The van der Waals surface area contributed by atoms with Crippen molar-refractivity contribution >= 4 is 21.6 Å². The van der Waals surface area contributed by atoms with Gasteiger partial charge in [0.15, 0.2) is 0 Å². The summed E-state index contributed by atoms with van der Waals surface area (Å²) in [6.45, 7) is 1.86. The molecule has 0 amide bonds. The SMILES string of the molecule is COc1ccc(C(Nc2cccc(Br)c2)C2COCCO2)cc1. The van der Waals surface area contributed by atoms with Gasteiger partial charge in [0.1, 0.15) is 11.9 Å². The van der Waals surface area contributed by atoms with Crippen molar-refractivity contribution < 1.29 is 14.2 Å². The Labute approximate surface area is 144 Å². The van der Waals surface area contributed by atoms with Crippen LogP contribution in [0.4, 0.5) is 5.69 Å². The molecule has 2 atom stereocenters. The highest BCUT2D eigenvalue weighted by molar-refractivity contribution is 9.10. The van der Waals surface area contributed by atoms with Crippen LogP contribution in [0.3, 0.4) is 0 Å². The molecule has 0 radical (unpaired) electrons. The van der Waals surface area contributed by atoms with Crippen LogP contribution in [0, 0.1) is 0 Å². The minimum absolute atomic E-state index is 0.00973. The van der Waals surface area contributed by atoms with E-state index in [4.69, 9.17) is 14.2 Å². The fourth-order valence-electron chi connectivity index (χ4n) is 2.66. The number of ether oxygens (including phenoxy) is 3. The van der Waals surface area contributed by atoms with Crippen molar-refractivity contribution in [3.63, 3.8) is 0 Å². The summed E-state index contributed by atoms with van der Waals surface area (Å²) in [4.78, 5) is 0. The summed E-state index contributed by atoms with van der Waals surface area (Å²) in [6.07, 6.45) is -0.0314. The highest BCUT2D eigenvalue weighted by Gasteiger charge is 2.26. The van der Waals surface area contributed by atoms with Gasteiger partial charge in [-0.15, -0.1) is 0 Å². The molecule has 5 heteroatoms. The van der Waals surface area contributed by atoms with Crippen LogP contribution in [0.2, 0.25) is 0 Å².